The predicted molar refractivity (Wildman–Crippen MR) is 113 cm³/mol. The number of esters is 1. The molecule has 1 heterocycles. The van der Waals surface area contributed by atoms with Gasteiger partial charge in [-0.25, -0.2) is 4.79 Å². The molecule has 0 radical (unpaired) electrons. The summed E-state index contributed by atoms with van der Waals surface area (Å²) in [6.45, 7) is 8.15. The lowest BCUT2D eigenvalue weighted by molar-refractivity contribution is -0.917. The highest BCUT2D eigenvalue weighted by molar-refractivity contribution is 5.91. The van der Waals surface area contributed by atoms with Gasteiger partial charge in [0.05, 0.1) is 43.4 Å². The maximum Gasteiger partial charge on any atom is 0.338 e. The van der Waals surface area contributed by atoms with Crippen molar-refractivity contribution in [2.45, 2.75) is 26.3 Å². The zero-order chi connectivity index (χ0) is 21.5. The molecule has 0 bridgehead atoms. The smallest absolute Gasteiger partial charge is 0.338 e. The fourth-order valence-corrected chi connectivity index (χ4v) is 3.54. The number of amides is 1. The third kappa shape index (κ3) is 5.68. The van der Waals surface area contributed by atoms with Crippen LogP contribution in [0.25, 0.3) is 0 Å². The number of carbonyl (C=O) groups excluding carboxylic acids is 2. The third-order valence-electron chi connectivity index (χ3n) is 5.50. The summed E-state index contributed by atoms with van der Waals surface area (Å²) < 4.78 is 5.15. The molecule has 1 N–H and O–H groups in total. The van der Waals surface area contributed by atoms with E-state index >= 15 is 0 Å². The van der Waals surface area contributed by atoms with E-state index in [2.05, 4.69) is 38.1 Å². The standard InChI is InChI=1S/C24H27N3O3/c1-18(2)21-7-5-20(6-8-21)16-26-11-13-27(14-12-26)23(28)17-30-24(29)22-9-3-19(15-25)4-10-22/h3-10,18H,11-14,16-17H2,1-2H3/p+1. The van der Waals surface area contributed by atoms with E-state index in [1.165, 1.54) is 28.2 Å². The maximum absolute atomic E-state index is 12.4. The highest BCUT2D eigenvalue weighted by Gasteiger charge is 2.24. The molecule has 1 aliphatic rings. The maximum atomic E-state index is 12.4. The molecule has 3 rings (SSSR count). The second-order valence-corrected chi connectivity index (χ2v) is 7.97. The Kier molecular flexibility index (Phi) is 7.21. The number of nitriles is 1. The van der Waals surface area contributed by atoms with Crippen LogP contribution in [0.2, 0.25) is 0 Å². The lowest BCUT2D eigenvalue weighted by atomic mass is 10.0. The molecule has 30 heavy (non-hydrogen) atoms. The Labute approximate surface area is 177 Å². The zero-order valence-electron chi connectivity index (χ0n) is 17.6. The minimum Gasteiger partial charge on any atom is -0.452 e. The number of piperazine rings is 1. The molecule has 0 spiro atoms. The first-order valence-electron chi connectivity index (χ1n) is 10.3. The van der Waals surface area contributed by atoms with Crippen molar-refractivity contribution < 1.29 is 19.2 Å². The number of ether oxygens (including phenoxy) is 1. The lowest BCUT2D eigenvalue weighted by Crippen LogP contribution is -3.13. The molecule has 6 nitrogen and oxygen atoms in total. The lowest BCUT2D eigenvalue weighted by Gasteiger charge is -2.32. The summed E-state index contributed by atoms with van der Waals surface area (Å²) >= 11 is 0. The fourth-order valence-electron chi connectivity index (χ4n) is 3.54. The van der Waals surface area contributed by atoms with Crippen molar-refractivity contribution >= 4 is 11.9 Å². The van der Waals surface area contributed by atoms with Gasteiger partial charge in [-0.15, -0.1) is 0 Å². The van der Waals surface area contributed by atoms with Crippen molar-refractivity contribution in [3.05, 3.63) is 70.8 Å². The Hall–Kier alpha value is -3.17. The minimum atomic E-state index is -0.554. The second kappa shape index (κ2) is 10.0. The van der Waals surface area contributed by atoms with Crippen molar-refractivity contribution in [1.82, 2.24) is 4.90 Å². The molecule has 156 valence electrons. The summed E-state index contributed by atoms with van der Waals surface area (Å²) in [5, 5.41) is 8.80. The summed E-state index contributed by atoms with van der Waals surface area (Å²) in [7, 11) is 0. The Bertz CT molecular complexity index is 906. The van der Waals surface area contributed by atoms with E-state index in [1.54, 1.807) is 17.0 Å². The van der Waals surface area contributed by atoms with E-state index in [-0.39, 0.29) is 12.5 Å². The largest absolute Gasteiger partial charge is 0.452 e. The number of hydrogen-bond acceptors (Lipinski definition) is 4. The summed E-state index contributed by atoms with van der Waals surface area (Å²) in [5.74, 6) is -0.189. The molecule has 2 aromatic carbocycles. The molecule has 1 saturated heterocycles. The van der Waals surface area contributed by atoms with E-state index < -0.39 is 5.97 Å². The number of hydrogen-bond donors (Lipinski definition) is 1. The van der Waals surface area contributed by atoms with Crippen molar-refractivity contribution in [3.63, 3.8) is 0 Å². The first kappa shape index (κ1) is 21.5. The first-order valence-corrected chi connectivity index (χ1v) is 10.3. The average molecular weight is 407 g/mol. The van der Waals surface area contributed by atoms with Crippen LogP contribution in [0.15, 0.2) is 48.5 Å². The summed E-state index contributed by atoms with van der Waals surface area (Å²) in [5.41, 5.74) is 3.46. The second-order valence-electron chi connectivity index (χ2n) is 7.97. The van der Waals surface area contributed by atoms with Crippen LogP contribution in [0.1, 0.15) is 46.8 Å². The molecule has 0 aliphatic carbocycles. The normalized spacial score (nSPS) is 14.4. The SMILES string of the molecule is CC(C)c1ccc(C[NH+]2CCN(C(=O)COC(=O)c3ccc(C#N)cc3)CC2)cc1. The molecule has 1 amide bonds. The van der Waals surface area contributed by atoms with E-state index in [9.17, 15) is 9.59 Å². The number of quaternary nitrogens is 1. The van der Waals surface area contributed by atoms with Gasteiger partial charge in [-0.1, -0.05) is 38.1 Å². The molecule has 2 aromatic rings. The Morgan fingerprint density at radius 2 is 1.70 bits per heavy atom. The predicted octanol–water partition coefficient (Wildman–Crippen LogP) is 1.77. The first-order chi connectivity index (χ1) is 14.5. The summed E-state index contributed by atoms with van der Waals surface area (Å²) in [4.78, 5) is 27.7. The number of carbonyl (C=O) groups is 2. The number of rotatable bonds is 6. The van der Waals surface area contributed by atoms with E-state index in [0.717, 1.165) is 19.6 Å². The summed E-state index contributed by atoms with van der Waals surface area (Å²) in [6, 6.07) is 16.9. The number of nitrogens with one attached hydrogen (secondary N) is 1. The van der Waals surface area contributed by atoms with Gasteiger partial charge >= 0.3 is 5.97 Å². The fraction of sp³-hybridized carbons (Fsp3) is 0.375. The topological polar surface area (TPSA) is 74.8 Å². The molecule has 6 heteroatoms. The number of nitrogens with zero attached hydrogens (tertiary/aromatic N) is 2. The molecule has 1 fully saturated rings. The highest BCUT2D eigenvalue weighted by Crippen LogP contribution is 2.14. The van der Waals surface area contributed by atoms with Crippen LogP contribution in [-0.4, -0.2) is 49.6 Å². The molecule has 0 saturated carbocycles. The van der Waals surface area contributed by atoms with Crippen molar-refractivity contribution in [2.24, 2.45) is 0 Å². The van der Waals surface area contributed by atoms with E-state index in [0.29, 0.717) is 30.1 Å². The summed E-state index contributed by atoms with van der Waals surface area (Å²) in [6.07, 6.45) is 0. The molecule has 1 aliphatic heterocycles. The Morgan fingerprint density at radius 3 is 2.27 bits per heavy atom. The van der Waals surface area contributed by atoms with Crippen LogP contribution >= 0.6 is 0 Å². The van der Waals surface area contributed by atoms with Gasteiger partial charge in [-0.2, -0.15) is 5.26 Å². The van der Waals surface area contributed by atoms with Gasteiger partial charge in [0.15, 0.2) is 6.61 Å². The van der Waals surface area contributed by atoms with Gasteiger partial charge in [0.25, 0.3) is 5.91 Å². The van der Waals surface area contributed by atoms with Gasteiger partial charge in [0.2, 0.25) is 0 Å². The monoisotopic (exact) mass is 406 g/mol. The highest BCUT2D eigenvalue weighted by atomic mass is 16.5. The molecule has 0 aromatic heterocycles. The molecular weight excluding hydrogens is 378 g/mol. The van der Waals surface area contributed by atoms with Crippen molar-refractivity contribution in [1.29, 1.82) is 5.26 Å². The molecule has 0 unspecified atom stereocenters. The zero-order valence-corrected chi connectivity index (χ0v) is 17.6. The molecular formula is C24H28N3O3+. The van der Waals surface area contributed by atoms with Gasteiger partial charge in [0, 0.05) is 5.56 Å². The van der Waals surface area contributed by atoms with E-state index in [1.807, 2.05) is 6.07 Å². The van der Waals surface area contributed by atoms with Gasteiger partial charge in [0.1, 0.15) is 6.54 Å². The van der Waals surface area contributed by atoms with Gasteiger partial charge in [-0.05, 0) is 35.7 Å². The van der Waals surface area contributed by atoms with Crippen LogP contribution in [0.4, 0.5) is 0 Å². The van der Waals surface area contributed by atoms with Crippen LogP contribution < -0.4 is 4.90 Å². The van der Waals surface area contributed by atoms with Crippen LogP contribution in [0, 0.1) is 11.3 Å². The van der Waals surface area contributed by atoms with Crippen LogP contribution in [-0.2, 0) is 16.1 Å². The quantitative estimate of drug-likeness (QED) is 0.742. The molecule has 0 atom stereocenters. The van der Waals surface area contributed by atoms with Crippen LogP contribution in [0.5, 0.6) is 0 Å². The van der Waals surface area contributed by atoms with E-state index in [4.69, 9.17) is 10.00 Å². The van der Waals surface area contributed by atoms with Gasteiger partial charge in [-0.3, -0.25) is 4.79 Å². The third-order valence-corrected chi connectivity index (χ3v) is 5.50. The number of benzene rings is 2. The average Bonchev–Trinajstić information content (AvgIpc) is 2.78. The Balaban J connectivity index is 1.42. The van der Waals surface area contributed by atoms with Crippen molar-refractivity contribution in [2.75, 3.05) is 32.8 Å². The van der Waals surface area contributed by atoms with Gasteiger partial charge < -0.3 is 14.5 Å². The minimum absolute atomic E-state index is 0.169. The van der Waals surface area contributed by atoms with Crippen LogP contribution in [0.3, 0.4) is 0 Å². The Morgan fingerprint density at radius 1 is 1.07 bits per heavy atom. The van der Waals surface area contributed by atoms with Crippen molar-refractivity contribution in [3.8, 4) is 6.07 Å².